The number of aryl methyl sites for hydroxylation is 1. The third-order valence-corrected chi connectivity index (χ3v) is 2.75. The van der Waals surface area contributed by atoms with Gasteiger partial charge >= 0.3 is 0 Å². The Morgan fingerprint density at radius 2 is 2.17 bits per heavy atom. The number of nitrogens with two attached hydrogens (primary N) is 1. The van der Waals surface area contributed by atoms with Gasteiger partial charge in [0.15, 0.2) is 0 Å². The van der Waals surface area contributed by atoms with Crippen LogP contribution in [0.4, 0.5) is 0 Å². The van der Waals surface area contributed by atoms with Gasteiger partial charge in [-0.3, -0.25) is 0 Å². The van der Waals surface area contributed by atoms with Gasteiger partial charge in [-0.25, -0.2) is 4.98 Å². The predicted octanol–water partition coefficient (Wildman–Crippen LogP) is 2.13. The molecule has 0 atom stereocenters. The molecule has 94 valence electrons. The van der Waals surface area contributed by atoms with Crippen molar-refractivity contribution < 1.29 is 9.84 Å². The van der Waals surface area contributed by atoms with E-state index in [9.17, 15) is 0 Å². The fourth-order valence-corrected chi connectivity index (χ4v) is 1.72. The summed E-state index contributed by atoms with van der Waals surface area (Å²) in [6.45, 7) is 2.35. The molecular formula is C14H16N2O2. The largest absolute Gasteiger partial charge is 0.439 e. The molecule has 1 aromatic heterocycles. The van der Waals surface area contributed by atoms with E-state index in [1.54, 1.807) is 12.3 Å². The van der Waals surface area contributed by atoms with Gasteiger partial charge in [-0.1, -0.05) is 12.1 Å². The highest BCUT2D eigenvalue weighted by Crippen LogP contribution is 2.25. The average molecular weight is 244 g/mol. The number of pyridine rings is 1. The zero-order valence-corrected chi connectivity index (χ0v) is 10.3. The van der Waals surface area contributed by atoms with Crippen molar-refractivity contribution in [2.24, 2.45) is 5.73 Å². The smallest absolute Gasteiger partial charge is 0.223 e. The number of aliphatic hydroxyl groups excluding tert-OH is 1. The standard InChI is InChI=1S/C14H16N2O2/c1-10-5-6-16-14(13(10)8-15)18-12-4-2-3-11(7-12)9-17/h2-7,17H,8-9,15H2,1H3. The van der Waals surface area contributed by atoms with E-state index in [0.29, 0.717) is 18.2 Å². The summed E-state index contributed by atoms with van der Waals surface area (Å²) in [5.41, 5.74) is 8.45. The minimum Gasteiger partial charge on any atom is -0.439 e. The van der Waals surface area contributed by atoms with Crippen LogP contribution in [0, 0.1) is 6.92 Å². The summed E-state index contributed by atoms with van der Waals surface area (Å²) in [7, 11) is 0. The number of aromatic nitrogens is 1. The molecule has 18 heavy (non-hydrogen) atoms. The molecule has 0 radical (unpaired) electrons. The van der Waals surface area contributed by atoms with Crippen molar-refractivity contribution in [3.05, 3.63) is 53.2 Å². The number of hydrogen-bond acceptors (Lipinski definition) is 4. The lowest BCUT2D eigenvalue weighted by molar-refractivity contribution is 0.281. The number of aliphatic hydroxyl groups is 1. The summed E-state index contributed by atoms with van der Waals surface area (Å²) in [5, 5.41) is 9.08. The van der Waals surface area contributed by atoms with Gasteiger partial charge in [0.25, 0.3) is 0 Å². The summed E-state index contributed by atoms with van der Waals surface area (Å²) < 4.78 is 5.72. The molecule has 0 unspecified atom stereocenters. The molecule has 2 aromatic rings. The Morgan fingerprint density at radius 3 is 2.89 bits per heavy atom. The van der Waals surface area contributed by atoms with E-state index in [1.807, 2.05) is 31.2 Å². The van der Waals surface area contributed by atoms with E-state index in [1.165, 1.54) is 0 Å². The van der Waals surface area contributed by atoms with Gasteiger partial charge in [0, 0.05) is 18.3 Å². The van der Waals surface area contributed by atoms with Crippen molar-refractivity contribution in [2.45, 2.75) is 20.1 Å². The lowest BCUT2D eigenvalue weighted by Gasteiger charge is -2.11. The van der Waals surface area contributed by atoms with E-state index < -0.39 is 0 Å². The van der Waals surface area contributed by atoms with Gasteiger partial charge in [0.05, 0.1) is 6.61 Å². The number of benzene rings is 1. The van der Waals surface area contributed by atoms with Crippen LogP contribution >= 0.6 is 0 Å². The molecule has 0 amide bonds. The molecule has 1 aromatic carbocycles. The Labute approximate surface area is 106 Å². The third kappa shape index (κ3) is 2.67. The fraction of sp³-hybridized carbons (Fsp3) is 0.214. The van der Waals surface area contributed by atoms with E-state index in [2.05, 4.69) is 4.98 Å². The van der Waals surface area contributed by atoms with Gasteiger partial charge in [-0.05, 0) is 36.2 Å². The maximum Gasteiger partial charge on any atom is 0.223 e. The van der Waals surface area contributed by atoms with E-state index in [0.717, 1.165) is 16.7 Å². The molecule has 3 N–H and O–H groups in total. The molecular weight excluding hydrogens is 228 g/mol. The maximum atomic E-state index is 9.08. The molecule has 0 saturated heterocycles. The first kappa shape index (κ1) is 12.5. The average Bonchev–Trinajstić information content (AvgIpc) is 2.39. The summed E-state index contributed by atoms with van der Waals surface area (Å²) >= 11 is 0. The molecule has 0 fully saturated rings. The normalized spacial score (nSPS) is 10.4. The summed E-state index contributed by atoms with van der Waals surface area (Å²) in [6, 6.07) is 9.17. The van der Waals surface area contributed by atoms with E-state index in [4.69, 9.17) is 15.6 Å². The molecule has 0 saturated carbocycles. The maximum absolute atomic E-state index is 9.08. The van der Waals surface area contributed by atoms with Crippen LogP contribution in [0.15, 0.2) is 36.5 Å². The Balaban J connectivity index is 2.30. The zero-order valence-electron chi connectivity index (χ0n) is 10.3. The van der Waals surface area contributed by atoms with Crippen molar-refractivity contribution in [2.75, 3.05) is 0 Å². The molecule has 1 heterocycles. The monoisotopic (exact) mass is 244 g/mol. The van der Waals surface area contributed by atoms with Crippen LogP contribution in [-0.2, 0) is 13.2 Å². The van der Waals surface area contributed by atoms with Gasteiger partial charge in [0.2, 0.25) is 5.88 Å². The number of nitrogens with zero attached hydrogens (tertiary/aromatic N) is 1. The Hall–Kier alpha value is -1.91. The topological polar surface area (TPSA) is 68.4 Å². The molecule has 0 aliphatic carbocycles. The highest BCUT2D eigenvalue weighted by molar-refractivity contribution is 5.38. The van der Waals surface area contributed by atoms with Crippen molar-refractivity contribution in [3.63, 3.8) is 0 Å². The van der Waals surface area contributed by atoms with E-state index >= 15 is 0 Å². The Kier molecular flexibility index (Phi) is 3.92. The second-order valence-corrected chi connectivity index (χ2v) is 4.02. The zero-order chi connectivity index (χ0) is 13.0. The summed E-state index contributed by atoms with van der Waals surface area (Å²) in [6.07, 6.45) is 1.69. The van der Waals surface area contributed by atoms with Crippen molar-refractivity contribution in [1.29, 1.82) is 0 Å². The van der Waals surface area contributed by atoms with Crippen LogP contribution < -0.4 is 10.5 Å². The van der Waals surface area contributed by atoms with Crippen LogP contribution in [0.25, 0.3) is 0 Å². The lowest BCUT2D eigenvalue weighted by Crippen LogP contribution is -2.03. The molecule has 4 heteroatoms. The molecule has 0 aliphatic rings. The van der Waals surface area contributed by atoms with Gasteiger partial charge in [-0.2, -0.15) is 0 Å². The van der Waals surface area contributed by atoms with Crippen LogP contribution in [0.3, 0.4) is 0 Å². The third-order valence-electron chi connectivity index (χ3n) is 2.75. The molecule has 2 rings (SSSR count). The van der Waals surface area contributed by atoms with Crippen LogP contribution in [-0.4, -0.2) is 10.1 Å². The lowest BCUT2D eigenvalue weighted by atomic mass is 10.1. The van der Waals surface area contributed by atoms with Crippen molar-refractivity contribution in [1.82, 2.24) is 4.98 Å². The highest BCUT2D eigenvalue weighted by atomic mass is 16.5. The highest BCUT2D eigenvalue weighted by Gasteiger charge is 2.08. The fourth-order valence-electron chi connectivity index (χ4n) is 1.72. The number of rotatable bonds is 4. The first-order valence-corrected chi connectivity index (χ1v) is 5.77. The first-order chi connectivity index (χ1) is 8.74. The second-order valence-electron chi connectivity index (χ2n) is 4.02. The summed E-state index contributed by atoms with van der Waals surface area (Å²) in [5.74, 6) is 1.17. The van der Waals surface area contributed by atoms with Crippen molar-refractivity contribution in [3.8, 4) is 11.6 Å². The number of ether oxygens (including phenoxy) is 1. The summed E-state index contributed by atoms with van der Waals surface area (Å²) in [4.78, 5) is 4.20. The molecule has 4 nitrogen and oxygen atoms in total. The Morgan fingerprint density at radius 1 is 1.33 bits per heavy atom. The molecule has 0 spiro atoms. The van der Waals surface area contributed by atoms with Crippen LogP contribution in [0.2, 0.25) is 0 Å². The first-order valence-electron chi connectivity index (χ1n) is 5.77. The minimum atomic E-state index is -0.0117. The van der Waals surface area contributed by atoms with Gasteiger partial charge in [-0.15, -0.1) is 0 Å². The molecule has 0 bridgehead atoms. The number of hydrogen-bond donors (Lipinski definition) is 2. The van der Waals surface area contributed by atoms with E-state index in [-0.39, 0.29) is 6.61 Å². The SMILES string of the molecule is Cc1ccnc(Oc2cccc(CO)c2)c1CN. The quantitative estimate of drug-likeness (QED) is 0.864. The minimum absolute atomic E-state index is 0.0117. The Bertz CT molecular complexity index is 541. The predicted molar refractivity (Wildman–Crippen MR) is 69.3 cm³/mol. The van der Waals surface area contributed by atoms with Crippen LogP contribution in [0.5, 0.6) is 11.6 Å². The van der Waals surface area contributed by atoms with Gasteiger partial charge in [0.1, 0.15) is 5.75 Å². The molecule has 0 aliphatic heterocycles. The van der Waals surface area contributed by atoms with Crippen LogP contribution in [0.1, 0.15) is 16.7 Å². The second kappa shape index (κ2) is 5.62. The van der Waals surface area contributed by atoms with Gasteiger partial charge < -0.3 is 15.6 Å². The van der Waals surface area contributed by atoms with Crippen molar-refractivity contribution >= 4 is 0 Å².